The summed E-state index contributed by atoms with van der Waals surface area (Å²) in [5.74, 6) is 0.239. The van der Waals surface area contributed by atoms with Gasteiger partial charge in [0.05, 0.1) is 30.4 Å². The fraction of sp³-hybridized carbons (Fsp3) is 0.667. The van der Waals surface area contributed by atoms with Crippen LogP contribution in [-0.2, 0) is 4.74 Å². The van der Waals surface area contributed by atoms with Gasteiger partial charge in [-0.1, -0.05) is 12.2 Å². The number of imidazole rings is 1. The fourth-order valence-electron chi connectivity index (χ4n) is 6.17. The van der Waals surface area contributed by atoms with Crippen molar-refractivity contribution in [1.29, 1.82) is 0 Å². The molecule has 2 N–H and O–H groups in total. The van der Waals surface area contributed by atoms with Crippen LogP contribution < -0.4 is 5.32 Å². The van der Waals surface area contributed by atoms with E-state index in [2.05, 4.69) is 27.0 Å². The number of allylic oxidation sites excluding steroid dienone is 4. The van der Waals surface area contributed by atoms with E-state index in [1.54, 1.807) is 0 Å². The number of ether oxygens (including phenoxy) is 1. The number of carbonyl (C=O) groups is 1. The van der Waals surface area contributed by atoms with E-state index in [1.165, 1.54) is 16.8 Å². The molecule has 6 heteroatoms. The molecule has 6 nitrogen and oxygen atoms in total. The molecule has 2 fully saturated rings. The summed E-state index contributed by atoms with van der Waals surface area (Å²) in [5.41, 5.74) is 3.56. The summed E-state index contributed by atoms with van der Waals surface area (Å²) in [5, 5.41) is 14.3. The van der Waals surface area contributed by atoms with E-state index in [4.69, 9.17) is 4.74 Å². The predicted molar refractivity (Wildman–Crippen MR) is 115 cm³/mol. The van der Waals surface area contributed by atoms with Crippen LogP contribution in [0.1, 0.15) is 77.5 Å². The highest BCUT2D eigenvalue weighted by Crippen LogP contribution is 2.61. The first-order valence-electron chi connectivity index (χ1n) is 11.4. The molecule has 0 aromatic carbocycles. The summed E-state index contributed by atoms with van der Waals surface area (Å²) in [6.07, 6.45) is 14.7. The van der Waals surface area contributed by atoms with E-state index in [0.29, 0.717) is 0 Å². The zero-order chi connectivity index (χ0) is 21.1. The highest BCUT2D eigenvalue weighted by molar-refractivity contribution is 5.74. The van der Waals surface area contributed by atoms with Crippen LogP contribution in [0.3, 0.4) is 0 Å². The number of amides is 1. The van der Waals surface area contributed by atoms with Gasteiger partial charge in [0.1, 0.15) is 5.60 Å². The molecule has 1 spiro atoms. The number of carbonyl (C=O) groups excluding carboxylic acids is 1. The first-order valence-corrected chi connectivity index (χ1v) is 11.4. The topological polar surface area (TPSA) is 76.4 Å². The van der Waals surface area contributed by atoms with Crippen molar-refractivity contribution in [1.82, 2.24) is 14.9 Å². The summed E-state index contributed by atoms with van der Waals surface area (Å²) in [6.45, 7) is 5.64. The van der Waals surface area contributed by atoms with Gasteiger partial charge in [0.25, 0.3) is 0 Å². The number of alkyl carbamates (subject to hydrolysis) is 1. The summed E-state index contributed by atoms with van der Waals surface area (Å²) in [4.78, 5) is 16.5. The maximum atomic E-state index is 12.1. The number of fused-ring (bicyclic) bond motifs is 2. The van der Waals surface area contributed by atoms with Crippen LogP contribution in [0.15, 0.2) is 30.2 Å². The number of hydrogen-bond donors (Lipinski definition) is 2. The summed E-state index contributed by atoms with van der Waals surface area (Å²) in [7, 11) is 0. The second-order valence-electron chi connectivity index (χ2n) is 10.6. The average molecular weight is 412 g/mol. The van der Waals surface area contributed by atoms with E-state index in [-0.39, 0.29) is 35.6 Å². The van der Waals surface area contributed by atoms with Gasteiger partial charge in [-0.05, 0) is 82.3 Å². The molecule has 0 saturated heterocycles. The Hall–Kier alpha value is -2.08. The third-order valence-electron chi connectivity index (χ3n) is 7.58. The standard InChI is InChI=1S/C24H33N3O3/c1-23(2,3)30-22(29)26-15-8-10-24(11-9-15)12-18(21(24)28)20-17-7-5-4-6-16(17)19-13-25-14-27(19)20/h5,7,13-15,18,20-21,28H,4,6,8-12H2,1-3H3,(H,26,29)/t15?,18-,20-,21+,24?/m1/s1. The Bertz CT molecular complexity index is 899. The van der Waals surface area contributed by atoms with Gasteiger partial charge in [-0.3, -0.25) is 0 Å². The zero-order valence-electron chi connectivity index (χ0n) is 18.2. The van der Waals surface area contributed by atoms with Crippen LogP contribution >= 0.6 is 0 Å². The number of hydrogen-bond acceptors (Lipinski definition) is 4. The maximum Gasteiger partial charge on any atom is 0.407 e. The molecule has 162 valence electrons. The van der Waals surface area contributed by atoms with Crippen LogP contribution in [0.4, 0.5) is 4.79 Å². The smallest absolute Gasteiger partial charge is 0.407 e. The third kappa shape index (κ3) is 3.20. The Balaban J connectivity index is 1.23. The minimum atomic E-state index is -0.480. The SMILES string of the molecule is CC(C)(C)OC(=O)NC1CCC2(CC1)C[C@H]([C@H]1C3=C(CCC=C3)c3cncn31)[C@@H]2O. The van der Waals surface area contributed by atoms with Gasteiger partial charge >= 0.3 is 6.09 Å². The Labute approximate surface area is 178 Å². The lowest BCUT2D eigenvalue weighted by Gasteiger charge is -2.57. The Morgan fingerprint density at radius 1 is 1.33 bits per heavy atom. The first-order chi connectivity index (χ1) is 14.3. The van der Waals surface area contributed by atoms with Gasteiger partial charge in [0, 0.05) is 12.0 Å². The van der Waals surface area contributed by atoms with Crippen molar-refractivity contribution in [2.24, 2.45) is 11.3 Å². The number of aliphatic hydroxyl groups excluding tert-OH is 1. The van der Waals surface area contributed by atoms with Crippen LogP contribution in [0.2, 0.25) is 0 Å². The van der Waals surface area contributed by atoms with Gasteiger partial charge in [-0.2, -0.15) is 0 Å². The predicted octanol–water partition coefficient (Wildman–Crippen LogP) is 4.38. The van der Waals surface area contributed by atoms with Crippen LogP contribution in [-0.4, -0.2) is 38.5 Å². The van der Waals surface area contributed by atoms with Gasteiger partial charge in [-0.25, -0.2) is 9.78 Å². The van der Waals surface area contributed by atoms with Crippen molar-refractivity contribution in [2.75, 3.05) is 0 Å². The van der Waals surface area contributed by atoms with E-state index >= 15 is 0 Å². The lowest BCUT2D eigenvalue weighted by molar-refractivity contribution is -0.152. The molecule has 4 aliphatic rings. The molecule has 2 saturated carbocycles. The molecule has 1 amide bonds. The van der Waals surface area contributed by atoms with Crippen LogP contribution in [0.5, 0.6) is 0 Å². The number of nitrogens with zero attached hydrogens (tertiary/aromatic N) is 2. The molecule has 30 heavy (non-hydrogen) atoms. The van der Waals surface area contributed by atoms with E-state index < -0.39 is 5.60 Å². The molecule has 1 aliphatic heterocycles. The molecule has 2 heterocycles. The quantitative estimate of drug-likeness (QED) is 0.757. The Morgan fingerprint density at radius 3 is 2.80 bits per heavy atom. The van der Waals surface area contributed by atoms with Crippen molar-refractivity contribution in [3.05, 3.63) is 35.9 Å². The molecule has 5 rings (SSSR count). The minimum absolute atomic E-state index is 0.000776. The summed E-state index contributed by atoms with van der Waals surface area (Å²) < 4.78 is 7.68. The van der Waals surface area contributed by atoms with E-state index in [1.807, 2.05) is 33.3 Å². The van der Waals surface area contributed by atoms with Gasteiger partial charge in [-0.15, -0.1) is 0 Å². The fourth-order valence-corrected chi connectivity index (χ4v) is 6.17. The number of aromatic nitrogens is 2. The molecular formula is C24H33N3O3. The molecular weight excluding hydrogens is 378 g/mol. The largest absolute Gasteiger partial charge is 0.444 e. The number of nitrogens with one attached hydrogen (secondary N) is 1. The van der Waals surface area contributed by atoms with Crippen molar-refractivity contribution < 1.29 is 14.6 Å². The lowest BCUT2D eigenvalue weighted by atomic mass is 9.51. The van der Waals surface area contributed by atoms with Crippen LogP contribution in [0.25, 0.3) is 5.57 Å². The highest BCUT2D eigenvalue weighted by atomic mass is 16.6. The number of rotatable bonds is 2. The molecule has 1 aromatic rings. The highest BCUT2D eigenvalue weighted by Gasteiger charge is 2.58. The minimum Gasteiger partial charge on any atom is -0.444 e. The number of aliphatic hydroxyl groups is 1. The summed E-state index contributed by atoms with van der Waals surface area (Å²) in [6, 6.07) is 0.353. The van der Waals surface area contributed by atoms with Crippen molar-refractivity contribution in [3.8, 4) is 0 Å². The van der Waals surface area contributed by atoms with Crippen molar-refractivity contribution in [3.63, 3.8) is 0 Å². The van der Waals surface area contributed by atoms with E-state index in [9.17, 15) is 9.90 Å². The first kappa shape index (κ1) is 19.9. The van der Waals surface area contributed by atoms with Gasteiger partial charge < -0.3 is 19.7 Å². The monoisotopic (exact) mass is 411 g/mol. The van der Waals surface area contributed by atoms with Crippen molar-refractivity contribution in [2.45, 2.75) is 89.5 Å². The molecule has 1 aromatic heterocycles. The van der Waals surface area contributed by atoms with Gasteiger partial charge in [0.2, 0.25) is 0 Å². The molecule has 0 bridgehead atoms. The second-order valence-corrected chi connectivity index (χ2v) is 10.6. The normalized spacial score (nSPS) is 35.1. The zero-order valence-corrected chi connectivity index (χ0v) is 18.2. The van der Waals surface area contributed by atoms with Gasteiger partial charge in [0.15, 0.2) is 0 Å². The molecule has 3 atom stereocenters. The third-order valence-corrected chi connectivity index (χ3v) is 7.58. The second kappa shape index (κ2) is 6.98. The Morgan fingerprint density at radius 2 is 2.10 bits per heavy atom. The van der Waals surface area contributed by atoms with Crippen molar-refractivity contribution >= 4 is 11.7 Å². The lowest BCUT2D eigenvalue weighted by Crippen LogP contribution is -2.58. The molecule has 3 aliphatic carbocycles. The maximum absolute atomic E-state index is 12.1. The summed E-state index contributed by atoms with van der Waals surface area (Å²) >= 11 is 0. The van der Waals surface area contributed by atoms with Crippen LogP contribution in [0, 0.1) is 11.3 Å². The molecule has 0 unspecified atom stereocenters. The Kier molecular flexibility index (Phi) is 4.62. The van der Waals surface area contributed by atoms with E-state index in [0.717, 1.165) is 44.9 Å². The average Bonchev–Trinajstić information content (AvgIpc) is 3.27. The molecule has 0 radical (unpaired) electrons.